The molecule has 8 heteroatoms. The average molecular weight is 539 g/mol. The zero-order valence-corrected chi connectivity index (χ0v) is 22.7. The van der Waals surface area contributed by atoms with Crippen LogP contribution in [0.2, 0.25) is 0 Å². The number of likely N-dealkylation sites (tertiary alicyclic amines) is 1. The van der Waals surface area contributed by atoms with Gasteiger partial charge in [0.15, 0.2) is 0 Å². The first-order valence-corrected chi connectivity index (χ1v) is 13.4. The lowest BCUT2D eigenvalue weighted by Crippen LogP contribution is -2.45. The zero-order valence-electron chi connectivity index (χ0n) is 22.7. The molecule has 0 aliphatic carbocycles. The van der Waals surface area contributed by atoms with Gasteiger partial charge in [0.25, 0.3) is 0 Å². The lowest BCUT2D eigenvalue weighted by Gasteiger charge is -2.37. The first kappa shape index (κ1) is 28.4. The number of anilines is 1. The molecular weight excluding hydrogens is 502 g/mol. The Balaban J connectivity index is 1.43. The first-order valence-electron chi connectivity index (χ1n) is 13.4. The van der Waals surface area contributed by atoms with Crippen LogP contribution in [0.1, 0.15) is 48.2 Å². The van der Waals surface area contributed by atoms with Gasteiger partial charge in [-0.05, 0) is 92.8 Å². The summed E-state index contributed by atoms with van der Waals surface area (Å²) < 4.78 is 41.2. The minimum atomic E-state index is -1.35. The summed E-state index contributed by atoms with van der Waals surface area (Å²) in [7, 11) is 0. The van der Waals surface area contributed by atoms with Gasteiger partial charge in [-0.3, -0.25) is 4.90 Å². The molecule has 0 saturated carbocycles. The second-order valence-electron chi connectivity index (χ2n) is 9.96. The molecule has 2 N–H and O–H groups in total. The number of aromatic carboxylic acids is 1. The number of nitrogens with zero attached hydrogens (tertiary/aromatic N) is 1. The van der Waals surface area contributed by atoms with E-state index in [9.17, 15) is 9.18 Å². The number of hydrogen-bond acceptors (Lipinski definition) is 5. The van der Waals surface area contributed by atoms with Gasteiger partial charge in [0.05, 0.1) is 24.3 Å². The highest BCUT2D eigenvalue weighted by Crippen LogP contribution is 2.41. The van der Waals surface area contributed by atoms with Gasteiger partial charge in [-0.15, -0.1) is 0 Å². The van der Waals surface area contributed by atoms with Crippen LogP contribution in [-0.4, -0.2) is 54.5 Å². The highest BCUT2D eigenvalue weighted by Gasteiger charge is 2.34. The van der Waals surface area contributed by atoms with Crippen molar-refractivity contribution < 1.29 is 28.2 Å². The number of aryl methyl sites for hydroxylation is 1. The van der Waals surface area contributed by atoms with Gasteiger partial charge < -0.3 is 19.9 Å². The predicted octanol–water partition coefficient (Wildman–Crippen LogP) is 6.71. The van der Waals surface area contributed by atoms with Gasteiger partial charge in [0.1, 0.15) is 23.0 Å². The number of carbonyl (C=O) groups is 1. The molecule has 0 unspecified atom stereocenters. The van der Waals surface area contributed by atoms with Crippen LogP contribution in [0.3, 0.4) is 0 Å². The van der Waals surface area contributed by atoms with Crippen LogP contribution in [0, 0.1) is 12.7 Å². The molecule has 0 amide bonds. The van der Waals surface area contributed by atoms with Crippen LogP contribution in [0.5, 0.6) is 11.5 Å². The molecule has 0 spiro atoms. The Morgan fingerprint density at radius 2 is 1.62 bits per heavy atom. The number of piperidine rings is 1. The van der Waals surface area contributed by atoms with E-state index < -0.39 is 11.6 Å². The van der Waals surface area contributed by atoms with Gasteiger partial charge in [0.2, 0.25) is 0 Å². The van der Waals surface area contributed by atoms with E-state index in [1.54, 1.807) is 24.3 Å². The lowest BCUT2D eigenvalue weighted by molar-refractivity contribution is 0.0653. The highest BCUT2D eigenvalue weighted by molar-refractivity contribution is 5.88. The first-order chi connectivity index (χ1) is 18.7. The summed E-state index contributed by atoms with van der Waals surface area (Å²) in [5.74, 6) is 0.0679. The van der Waals surface area contributed by atoms with E-state index in [0.717, 1.165) is 27.9 Å². The van der Waals surface area contributed by atoms with Crippen molar-refractivity contribution in [3.63, 3.8) is 0 Å². The van der Waals surface area contributed by atoms with Crippen molar-refractivity contribution >= 4 is 11.7 Å². The Labute approximate surface area is 228 Å². The van der Waals surface area contributed by atoms with Gasteiger partial charge in [-0.1, -0.05) is 12.1 Å². The fraction of sp³-hybridized carbons (Fsp3) is 0.387. The summed E-state index contributed by atoms with van der Waals surface area (Å²) in [6.45, 7) is 8.60. The number of halogens is 2. The van der Waals surface area contributed by atoms with Crippen LogP contribution < -0.4 is 14.8 Å². The zero-order chi connectivity index (χ0) is 28.0. The molecule has 1 heterocycles. The molecule has 0 bridgehead atoms. The predicted molar refractivity (Wildman–Crippen MR) is 149 cm³/mol. The second-order valence-corrected chi connectivity index (χ2v) is 9.96. The summed E-state index contributed by atoms with van der Waals surface area (Å²) >= 11 is 0. The number of benzene rings is 3. The summed E-state index contributed by atoms with van der Waals surface area (Å²) in [5, 5.41) is 12.3. The van der Waals surface area contributed by atoms with E-state index in [2.05, 4.69) is 10.2 Å². The number of hydrogen-bond donors (Lipinski definition) is 2. The van der Waals surface area contributed by atoms with Crippen LogP contribution in [0.25, 0.3) is 11.1 Å². The van der Waals surface area contributed by atoms with Crippen molar-refractivity contribution in [1.29, 1.82) is 0 Å². The van der Waals surface area contributed by atoms with E-state index >= 15 is 4.39 Å². The monoisotopic (exact) mass is 538 g/mol. The maximum Gasteiger partial charge on any atom is 0.335 e. The summed E-state index contributed by atoms with van der Waals surface area (Å²) in [4.78, 5) is 13.4. The average Bonchev–Trinajstić information content (AvgIpc) is 2.90. The van der Waals surface area contributed by atoms with Crippen molar-refractivity contribution in [2.75, 3.05) is 38.2 Å². The van der Waals surface area contributed by atoms with Crippen molar-refractivity contribution in [3.8, 4) is 22.6 Å². The maximum absolute atomic E-state index is 15.7. The molecule has 1 saturated heterocycles. The van der Waals surface area contributed by atoms with E-state index in [1.165, 1.54) is 18.2 Å². The Kier molecular flexibility index (Phi) is 9.07. The molecule has 1 aliphatic rings. The highest BCUT2D eigenvalue weighted by atomic mass is 19.1. The van der Waals surface area contributed by atoms with E-state index in [4.69, 9.17) is 14.6 Å². The van der Waals surface area contributed by atoms with E-state index in [1.807, 2.05) is 32.9 Å². The van der Waals surface area contributed by atoms with Gasteiger partial charge in [-0.25, -0.2) is 13.6 Å². The van der Waals surface area contributed by atoms with Crippen molar-refractivity contribution in [3.05, 3.63) is 77.1 Å². The van der Waals surface area contributed by atoms with Crippen molar-refractivity contribution in [1.82, 2.24) is 4.90 Å². The molecule has 3 aromatic rings. The molecule has 208 valence electrons. The molecule has 0 radical (unpaired) electrons. The third-order valence-electron chi connectivity index (χ3n) is 7.09. The van der Waals surface area contributed by atoms with Crippen LogP contribution in [-0.2, 0) is 6.54 Å². The summed E-state index contributed by atoms with van der Waals surface area (Å²) in [5.41, 5.74) is 2.99. The summed E-state index contributed by atoms with van der Waals surface area (Å²) in [6, 6.07) is 15.1. The molecule has 6 nitrogen and oxygen atoms in total. The number of carboxylic acids is 1. The van der Waals surface area contributed by atoms with Crippen LogP contribution in [0.4, 0.5) is 14.5 Å². The standard InChI is InChI=1S/C31H36F2N2O4/c1-4-38-27-17-22(18-28(39-5-2)29(27)23-6-9-25(32)10-7-23)19-35-14-12-31(33,13-15-35)20-34-26-11-8-24(30(36)37)16-21(26)3/h6-11,16-18,34H,4-5,12-15,19-20H2,1-3H3,(H,36,37). The van der Waals surface area contributed by atoms with Crippen molar-refractivity contribution in [2.45, 2.75) is 45.8 Å². The fourth-order valence-corrected chi connectivity index (χ4v) is 4.97. The Hall–Kier alpha value is -3.65. The normalized spacial score (nSPS) is 15.1. The van der Waals surface area contributed by atoms with E-state index in [-0.39, 0.29) is 17.9 Å². The Morgan fingerprint density at radius 3 is 2.15 bits per heavy atom. The number of rotatable bonds is 11. The fourth-order valence-electron chi connectivity index (χ4n) is 4.97. The maximum atomic E-state index is 15.7. The molecular formula is C31H36F2N2O4. The second kappa shape index (κ2) is 12.5. The topological polar surface area (TPSA) is 71.0 Å². The number of carboxylic acid groups (broad SMARTS) is 1. The quantitative estimate of drug-likeness (QED) is 0.283. The molecule has 1 fully saturated rings. The minimum Gasteiger partial charge on any atom is -0.493 e. The van der Waals surface area contributed by atoms with Crippen molar-refractivity contribution in [2.24, 2.45) is 0 Å². The number of ether oxygens (including phenoxy) is 2. The largest absolute Gasteiger partial charge is 0.493 e. The minimum absolute atomic E-state index is 0.170. The SMILES string of the molecule is CCOc1cc(CN2CCC(F)(CNc3ccc(C(=O)O)cc3C)CC2)cc(OCC)c1-c1ccc(F)cc1. The van der Waals surface area contributed by atoms with E-state index in [0.29, 0.717) is 57.2 Å². The molecule has 0 aromatic heterocycles. The molecule has 1 aliphatic heterocycles. The number of alkyl halides is 1. The Morgan fingerprint density at radius 1 is 1.00 bits per heavy atom. The molecule has 3 aromatic carbocycles. The lowest BCUT2D eigenvalue weighted by atomic mass is 9.92. The smallest absolute Gasteiger partial charge is 0.335 e. The third-order valence-corrected chi connectivity index (χ3v) is 7.09. The molecule has 0 atom stereocenters. The molecule has 39 heavy (non-hydrogen) atoms. The van der Waals surface area contributed by atoms with Gasteiger partial charge >= 0.3 is 5.97 Å². The Bertz CT molecular complexity index is 1260. The van der Waals surface area contributed by atoms with Gasteiger partial charge in [0, 0.05) is 31.9 Å². The van der Waals surface area contributed by atoms with Crippen LogP contribution >= 0.6 is 0 Å². The third kappa shape index (κ3) is 7.06. The summed E-state index contributed by atoms with van der Waals surface area (Å²) in [6.07, 6.45) is 0.771. The van der Waals surface area contributed by atoms with Gasteiger partial charge in [-0.2, -0.15) is 0 Å². The van der Waals surface area contributed by atoms with Crippen LogP contribution in [0.15, 0.2) is 54.6 Å². The number of nitrogens with one attached hydrogen (secondary N) is 1. The molecule has 4 rings (SSSR count).